The molecular formula is C11H12FN3O2. The smallest absolute Gasteiger partial charge is 0.266 e. The van der Waals surface area contributed by atoms with E-state index in [-0.39, 0.29) is 17.2 Å². The third-order valence-electron chi connectivity index (χ3n) is 2.44. The normalized spacial score (nSPS) is 10.5. The molecule has 0 bridgehead atoms. The first-order valence-electron chi connectivity index (χ1n) is 5.16. The van der Waals surface area contributed by atoms with Crippen LogP contribution in [0.25, 0.3) is 11.5 Å². The number of aromatic nitrogens is 2. The van der Waals surface area contributed by atoms with Crippen LogP contribution in [0.4, 0.5) is 10.3 Å². The van der Waals surface area contributed by atoms with E-state index in [0.29, 0.717) is 12.5 Å². The van der Waals surface area contributed by atoms with Crippen molar-refractivity contribution in [1.29, 1.82) is 0 Å². The van der Waals surface area contributed by atoms with Crippen molar-refractivity contribution >= 4 is 5.95 Å². The van der Waals surface area contributed by atoms with Crippen molar-refractivity contribution in [1.82, 2.24) is 10.1 Å². The van der Waals surface area contributed by atoms with E-state index in [1.54, 1.807) is 11.9 Å². The van der Waals surface area contributed by atoms with Crippen LogP contribution in [0.5, 0.6) is 5.75 Å². The Balaban J connectivity index is 2.44. The Bertz CT molecular complexity index is 507. The van der Waals surface area contributed by atoms with Crippen molar-refractivity contribution in [2.75, 3.05) is 18.5 Å². The fourth-order valence-electron chi connectivity index (χ4n) is 1.34. The lowest BCUT2D eigenvalue weighted by molar-refractivity contribution is 0.420. The molecule has 0 spiro atoms. The average molecular weight is 237 g/mol. The van der Waals surface area contributed by atoms with Gasteiger partial charge in [-0.25, -0.2) is 4.39 Å². The second-order valence-corrected chi connectivity index (χ2v) is 3.55. The molecule has 1 aromatic carbocycles. The number of hydrogen-bond donors (Lipinski definition) is 1. The molecular weight excluding hydrogens is 225 g/mol. The van der Waals surface area contributed by atoms with Gasteiger partial charge in [-0.15, -0.1) is 0 Å². The molecule has 0 unspecified atom stereocenters. The van der Waals surface area contributed by atoms with Gasteiger partial charge in [-0.2, -0.15) is 4.98 Å². The van der Waals surface area contributed by atoms with Crippen LogP contribution in [0.3, 0.4) is 0 Å². The standard InChI is InChI=1S/C11H12FN3O2/c1-3-15(2)11-13-10(17-14-11)9-7(12)5-4-6-8(9)16/h4-6,16H,3H2,1-2H3. The number of nitrogens with zero attached hydrogens (tertiary/aromatic N) is 3. The molecule has 0 aliphatic heterocycles. The molecule has 1 N–H and O–H groups in total. The molecule has 0 aliphatic rings. The summed E-state index contributed by atoms with van der Waals surface area (Å²) in [5, 5.41) is 13.3. The molecule has 1 aromatic heterocycles. The van der Waals surface area contributed by atoms with Crippen LogP contribution >= 0.6 is 0 Å². The highest BCUT2D eigenvalue weighted by Crippen LogP contribution is 2.31. The van der Waals surface area contributed by atoms with Crippen LogP contribution < -0.4 is 4.90 Å². The number of hydrogen-bond acceptors (Lipinski definition) is 5. The molecule has 0 radical (unpaired) electrons. The van der Waals surface area contributed by atoms with E-state index in [1.807, 2.05) is 6.92 Å². The lowest BCUT2D eigenvalue weighted by atomic mass is 10.2. The van der Waals surface area contributed by atoms with Gasteiger partial charge in [0.1, 0.15) is 17.1 Å². The zero-order chi connectivity index (χ0) is 12.4. The Labute approximate surface area is 97.5 Å². The van der Waals surface area contributed by atoms with E-state index >= 15 is 0 Å². The van der Waals surface area contributed by atoms with E-state index in [2.05, 4.69) is 10.1 Å². The van der Waals surface area contributed by atoms with Crippen LogP contribution in [-0.2, 0) is 0 Å². The Morgan fingerprint density at radius 1 is 1.47 bits per heavy atom. The first kappa shape index (κ1) is 11.4. The van der Waals surface area contributed by atoms with E-state index in [1.165, 1.54) is 18.2 Å². The summed E-state index contributed by atoms with van der Waals surface area (Å²) in [6, 6.07) is 4.00. The molecule has 6 heteroatoms. The van der Waals surface area contributed by atoms with Gasteiger partial charge in [0, 0.05) is 13.6 Å². The maximum Gasteiger partial charge on any atom is 0.266 e. The van der Waals surface area contributed by atoms with Crippen molar-refractivity contribution in [3.63, 3.8) is 0 Å². The molecule has 1 heterocycles. The summed E-state index contributed by atoms with van der Waals surface area (Å²) in [6.45, 7) is 2.62. The van der Waals surface area contributed by atoms with E-state index in [4.69, 9.17) is 4.52 Å². The van der Waals surface area contributed by atoms with Crippen LogP contribution in [0.15, 0.2) is 22.7 Å². The summed E-state index contributed by atoms with van der Waals surface area (Å²) in [6.07, 6.45) is 0. The van der Waals surface area contributed by atoms with Gasteiger partial charge in [0.25, 0.3) is 11.8 Å². The highest BCUT2D eigenvalue weighted by Gasteiger charge is 2.18. The molecule has 0 amide bonds. The molecule has 2 rings (SSSR count). The number of benzene rings is 1. The van der Waals surface area contributed by atoms with Gasteiger partial charge in [-0.05, 0) is 24.2 Å². The Kier molecular flexibility index (Phi) is 2.95. The fourth-order valence-corrected chi connectivity index (χ4v) is 1.34. The Morgan fingerprint density at radius 2 is 2.24 bits per heavy atom. The number of anilines is 1. The summed E-state index contributed by atoms with van der Waals surface area (Å²) in [7, 11) is 1.79. The zero-order valence-electron chi connectivity index (χ0n) is 9.51. The van der Waals surface area contributed by atoms with E-state index < -0.39 is 5.82 Å². The van der Waals surface area contributed by atoms with Gasteiger partial charge in [0.2, 0.25) is 0 Å². The highest BCUT2D eigenvalue weighted by molar-refractivity contribution is 5.63. The molecule has 0 saturated heterocycles. The molecule has 0 saturated carbocycles. The third kappa shape index (κ3) is 2.06. The van der Waals surface area contributed by atoms with Crippen molar-refractivity contribution in [3.05, 3.63) is 24.0 Å². The van der Waals surface area contributed by atoms with Gasteiger partial charge in [0.15, 0.2) is 0 Å². The topological polar surface area (TPSA) is 62.4 Å². The van der Waals surface area contributed by atoms with Gasteiger partial charge in [-0.3, -0.25) is 0 Å². The number of phenols is 1. The number of phenolic OH excluding ortho intramolecular Hbond substituents is 1. The second-order valence-electron chi connectivity index (χ2n) is 3.55. The number of rotatable bonds is 3. The zero-order valence-corrected chi connectivity index (χ0v) is 9.51. The second kappa shape index (κ2) is 4.40. The lowest BCUT2D eigenvalue weighted by Gasteiger charge is -2.08. The van der Waals surface area contributed by atoms with Crippen LogP contribution in [0.2, 0.25) is 0 Å². The quantitative estimate of drug-likeness (QED) is 0.885. The molecule has 0 atom stereocenters. The van der Waals surface area contributed by atoms with Crippen molar-refractivity contribution < 1.29 is 14.0 Å². The van der Waals surface area contributed by atoms with Gasteiger partial charge >= 0.3 is 0 Å². The first-order chi connectivity index (χ1) is 8.13. The summed E-state index contributed by atoms with van der Waals surface area (Å²) in [4.78, 5) is 5.76. The van der Waals surface area contributed by atoms with Crippen molar-refractivity contribution in [2.45, 2.75) is 6.92 Å². The van der Waals surface area contributed by atoms with Gasteiger partial charge in [0.05, 0.1) is 0 Å². The molecule has 17 heavy (non-hydrogen) atoms. The summed E-state index contributed by atoms with van der Waals surface area (Å²) < 4.78 is 18.5. The maximum atomic E-state index is 13.5. The molecule has 0 fully saturated rings. The monoisotopic (exact) mass is 237 g/mol. The Morgan fingerprint density at radius 3 is 2.88 bits per heavy atom. The van der Waals surface area contributed by atoms with Crippen LogP contribution in [0.1, 0.15) is 6.92 Å². The Hall–Kier alpha value is -2.11. The molecule has 5 nitrogen and oxygen atoms in total. The lowest BCUT2D eigenvalue weighted by Crippen LogP contribution is -2.16. The van der Waals surface area contributed by atoms with Gasteiger partial charge < -0.3 is 14.5 Å². The minimum atomic E-state index is -0.598. The van der Waals surface area contributed by atoms with E-state index in [9.17, 15) is 9.50 Å². The van der Waals surface area contributed by atoms with Crippen LogP contribution in [-0.4, -0.2) is 28.8 Å². The maximum absolute atomic E-state index is 13.5. The molecule has 0 aliphatic carbocycles. The first-order valence-corrected chi connectivity index (χ1v) is 5.16. The van der Waals surface area contributed by atoms with Gasteiger partial charge in [-0.1, -0.05) is 6.07 Å². The predicted molar refractivity (Wildman–Crippen MR) is 60.3 cm³/mol. The summed E-state index contributed by atoms with van der Waals surface area (Å²) in [5.74, 6) is -0.500. The minimum Gasteiger partial charge on any atom is -0.507 e. The number of aromatic hydroxyl groups is 1. The largest absolute Gasteiger partial charge is 0.507 e. The molecule has 90 valence electrons. The van der Waals surface area contributed by atoms with E-state index in [0.717, 1.165) is 0 Å². The average Bonchev–Trinajstić information content (AvgIpc) is 2.77. The highest BCUT2D eigenvalue weighted by atomic mass is 19.1. The summed E-state index contributed by atoms with van der Waals surface area (Å²) in [5.41, 5.74) is -0.0734. The predicted octanol–water partition coefficient (Wildman–Crippen LogP) is 2.04. The SMILES string of the molecule is CCN(C)c1noc(-c2c(O)cccc2F)n1. The fraction of sp³-hybridized carbons (Fsp3) is 0.273. The minimum absolute atomic E-state index is 0.0316. The van der Waals surface area contributed by atoms with Crippen molar-refractivity contribution in [3.8, 4) is 17.2 Å². The number of halogens is 1. The molecule has 2 aromatic rings. The van der Waals surface area contributed by atoms with Crippen LogP contribution in [0, 0.1) is 5.82 Å². The third-order valence-corrected chi connectivity index (χ3v) is 2.44. The summed E-state index contributed by atoms with van der Waals surface area (Å²) >= 11 is 0. The van der Waals surface area contributed by atoms with Crippen molar-refractivity contribution in [2.24, 2.45) is 0 Å².